The van der Waals surface area contributed by atoms with Crippen molar-refractivity contribution in [3.63, 3.8) is 0 Å². The van der Waals surface area contributed by atoms with Gasteiger partial charge in [0.15, 0.2) is 0 Å². The second-order valence-electron chi connectivity index (χ2n) is 4.29. The molecule has 0 atom stereocenters. The fourth-order valence-electron chi connectivity index (χ4n) is 1.97. The summed E-state index contributed by atoms with van der Waals surface area (Å²) < 4.78 is 4.74. The van der Waals surface area contributed by atoms with Crippen molar-refractivity contribution in [2.24, 2.45) is 0 Å². The summed E-state index contributed by atoms with van der Waals surface area (Å²) in [6.45, 7) is 0.193. The number of amides is 1. The number of benzene rings is 2. The lowest BCUT2D eigenvalue weighted by atomic mass is 10.2. The molecule has 2 aromatic carbocycles. The molecule has 0 aliphatic rings. The van der Waals surface area contributed by atoms with E-state index in [2.05, 4.69) is 0 Å². The second kappa shape index (κ2) is 6.51. The van der Waals surface area contributed by atoms with Crippen LogP contribution in [0.2, 0.25) is 0 Å². The van der Waals surface area contributed by atoms with E-state index in [0.29, 0.717) is 0 Å². The number of carbonyl (C=O) groups excluding carboxylic acids is 1. The number of nitrogens with zero attached hydrogens (tertiary/aromatic N) is 2. The Balaban J connectivity index is 2.42. The number of nitro groups is 1. The zero-order chi connectivity index (χ0) is 15.2. The molecule has 0 heterocycles. The van der Waals surface area contributed by atoms with Gasteiger partial charge in [0.1, 0.15) is 5.69 Å². The van der Waals surface area contributed by atoms with Crippen molar-refractivity contribution in [3.8, 4) is 0 Å². The summed E-state index contributed by atoms with van der Waals surface area (Å²) in [5, 5.41) is 11.1. The van der Waals surface area contributed by atoms with Crippen LogP contribution in [-0.4, -0.2) is 18.1 Å². The summed E-state index contributed by atoms with van der Waals surface area (Å²) >= 11 is 0. The minimum Gasteiger partial charge on any atom is -0.452 e. The van der Waals surface area contributed by atoms with Crippen LogP contribution in [0.3, 0.4) is 0 Å². The van der Waals surface area contributed by atoms with E-state index in [1.807, 2.05) is 30.3 Å². The third-order valence-electron chi connectivity index (χ3n) is 2.95. The molecule has 0 N–H and O–H groups in total. The predicted octanol–water partition coefficient (Wildman–Crippen LogP) is 3.37. The molecule has 0 saturated heterocycles. The van der Waals surface area contributed by atoms with Gasteiger partial charge in [-0.05, 0) is 11.6 Å². The number of hydrogen-bond donors (Lipinski definition) is 0. The zero-order valence-electron chi connectivity index (χ0n) is 11.4. The third-order valence-corrected chi connectivity index (χ3v) is 2.95. The molecule has 0 aliphatic heterocycles. The Bertz CT molecular complexity index is 643. The molecule has 2 aromatic rings. The number of hydrogen-bond acceptors (Lipinski definition) is 4. The molecule has 0 aliphatic carbocycles. The molecule has 0 spiro atoms. The summed E-state index contributed by atoms with van der Waals surface area (Å²) in [6.07, 6.45) is -0.645. The average Bonchev–Trinajstić information content (AvgIpc) is 2.53. The molecule has 6 heteroatoms. The number of nitro benzene ring substituents is 1. The zero-order valence-corrected chi connectivity index (χ0v) is 11.4. The van der Waals surface area contributed by atoms with Crippen LogP contribution < -0.4 is 4.90 Å². The number of anilines is 1. The van der Waals surface area contributed by atoms with E-state index in [0.717, 1.165) is 5.56 Å². The van der Waals surface area contributed by atoms with E-state index in [9.17, 15) is 14.9 Å². The summed E-state index contributed by atoms with van der Waals surface area (Å²) in [6, 6.07) is 15.3. The van der Waals surface area contributed by atoms with Gasteiger partial charge in [-0.3, -0.25) is 15.0 Å². The van der Waals surface area contributed by atoms with Gasteiger partial charge in [-0.1, -0.05) is 42.5 Å². The van der Waals surface area contributed by atoms with Crippen molar-refractivity contribution >= 4 is 17.5 Å². The molecule has 0 aromatic heterocycles. The molecule has 21 heavy (non-hydrogen) atoms. The number of carbonyl (C=O) groups is 1. The number of para-hydroxylation sites is 2. The van der Waals surface area contributed by atoms with Gasteiger partial charge >= 0.3 is 6.09 Å². The largest absolute Gasteiger partial charge is 0.452 e. The number of rotatable bonds is 4. The molecule has 0 bridgehead atoms. The Morgan fingerprint density at radius 1 is 1.14 bits per heavy atom. The fourth-order valence-corrected chi connectivity index (χ4v) is 1.97. The third kappa shape index (κ3) is 3.36. The van der Waals surface area contributed by atoms with Crippen molar-refractivity contribution < 1.29 is 14.5 Å². The van der Waals surface area contributed by atoms with Crippen LogP contribution in [0.15, 0.2) is 54.6 Å². The highest BCUT2D eigenvalue weighted by Crippen LogP contribution is 2.29. The molecule has 6 nitrogen and oxygen atoms in total. The Morgan fingerprint density at radius 2 is 1.76 bits per heavy atom. The molecule has 1 amide bonds. The fraction of sp³-hybridized carbons (Fsp3) is 0.133. The summed E-state index contributed by atoms with van der Waals surface area (Å²) in [5.74, 6) is 0. The van der Waals surface area contributed by atoms with Gasteiger partial charge in [0, 0.05) is 6.07 Å². The summed E-state index contributed by atoms with van der Waals surface area (Å²) in [7, 11) is 1.25. The standard InChI is InChI=1S/C15H14N2O4/c1-21-15(18)16(11-12-7-3-2-4-8-12)13-9-5-6-10-14(13)17(19)20/h2-10H,11H2,1H3. The summed E-state index contributed by atoms with van der Waals surface area (Å²) in [5.41, 5.74) is 0.915. The van der Waals surface area contributed by atoms with E-state index in [-0.39, 0.29) is 17.9 Å². The van der Waals surface area contributed by atoms with Crippen molar-refractivity contribution in [3.05, 3.63) is 70.3 Å². The number of methoxy groups -OCH3 is 1. The Labute approximate surface area is 121 Å². The lowest BCUT2D eigenvalue weighted by Crippen LogP contribution is -2.30. The van der Waals surface area contributed by atoms with Gasteiger partial charge < -0.3 is 4.74 Å². The van der Waals surface area contributed by atoms with Crippen LogP contribution in [0.25, 0.3) is 0 Å². The van der Waals surface area contributed by atoms with Crippen LogP contribution in [0.5, 0.6) is 0 Å². The Morgan fingerprint density at radius 3 is 2.38 bits per heavy atom. The molecule has 108 valence electrons. The molecular formula is C15H14N2O4. The van der Waals surface area contributed by atoms with Crippen LogP contribution in [-0.2, 0) is 11.3 Å². The minimum atomic E-state index is -0.645. The van der Waals surface area contributed by atoms with E-state index in [1.54, 1.807) is 12.1 Å². The van der Waals surface area contributed by atoms with Gasteiger partial charge in [0.05, 0.1) is 18.6 Å². The highest BCUT2D eigenvalue weighted by Gasteiger charge is 2.24. The maximum atomic E-state index is 12.0. The van der Waals surface area contributed by atoms with Crippen molar-refractivity contribution in [1.29, 1.82) is 0 Å². The lowest BCUT2D eigenvalue weighted by Gasteiger charge is -2.21. The normalized spacial score (nSPS) is 9.95. The van der Waals surface area contributed by atoms with E-state index in [1.165, 1.54) is 24.1 Å². The molecule has 0 saturated carbocycles. The SMILES string of the molecule is COC(=O)N(Cc1ccccc1)c1ccccc1[N+](=O)[O-]. The average molecular weight is 286 g/mol. The minimum absolute atomic E-state index is 0.140. The summed E-state index contributed by atoms with van der Waals surface area (Å²) in [4.78, 5) is 23.8. The monoisotopic (exact) mass is 286 g/mol. The van der Waals surface area contributed by atoms with Gasteiger partial charge in [0.25, 0.3) is 5.69 Å². The quantitative estimate of drug-likeness (QED) is 0.638. The first-order valence-electron chi connectivity index (χ1n) is 6.26. The topological polar surface area (TPSA) is 72.7 Å². The molecule has 0 fully saturated rings. The van der Waals surface area contributed by atoms with E-state index >= 15 is 0 Å². The van der Waals surface area contributed by atoms with Gasteiger partial charge in [-0.15, -0.1) is 0 Å². The van der Waals surface area contributed by atoms with Crippen molar-refractivity contribution in [2.75, 3.05) is 12.0 Å². The van der Waals surface area contributed by atoms with Crippen LogP contribution in [0, 0.1) is 10.1 Å². The predicted molar refractivity (Wildman–Crippen MR) is 78.1 cm³/mol. The highest BCUT2D eigenvalue weighted by molar-refractivity contribution is 5.90. The number of ether oxygens (including phenoxy) is 1. The first-order chi connectivity index (χ1) is 10.1. The van der Waals surface area contributed by atoms with Crippen LogP contribution in [0.4, 0.5) is 16.2 Å². The van der Waals surface area contributed by atoms with Crippen molar-refractivity contribution in [1.82, 2.24) is 0 Å². The van der Waals surface area contributed by atoms with E-state index < -0.39 is 11.0 Å². The smallest absolute Gasteiger partial charge is 0.414 e. The Hall–Kier alpha value is -2.89. The molecule has 0 unspecified atom stereocenters. The van der Waals surface area contributed by atoms with Crippen LogP contribution in [0.1, 0.15) is 5.56 Å². The first-order valence-corrected chi connectivity index (χ1v) is 6.26. The molecule has 0 radical (unpaired) electrons. The maximum Gasteiger partial charge on any atom is 0.414 e. The second-order valence-corrected chi connectivity index (χ2v) is 4.29. The van der Waals surface area contributed by atoms with Gasteiger partial charge in [-0.2, -0.15) is 0 Å². The Kier molecular flexibility index (Phi) is 4.50. The van der Waals surface area contributed by atoms with E-state index in [4.69, 9.17) is 4.74 Å². The van der Waals surface area contributed by atoms with Gasteiger partial charge in [0.2, 0.25) is 0 Å². The van der Waals surface area contributed by atoms with Gasteiger partial charge in [-0.25, -0.2) is 4.79 Å². The maximum absolute atomic E-state index is 12.0. The molecular weight excluding hydrogens is 272 g/mol. The van der Waals surface area contributed by atoms with Crippen molar-refractivity contribution in [2.45, 2.75) is 6.54 Å². The van der Waals surface area contributed by atoms with Crippen LogP contribution >= 0.6 is 0 Å². The highest BCUT2D eigenvalue weighted by atomic mass is 16.6. The lowest BCUT2D eigenvalue weighted by molar-refractivity contribution is -0.384. The first kappa shape index (κ1) is 14.5. The molecule has 2 rings (SSSR count).